The van der Waals surface area contributed by atoms with Crippen LogP contribution in [0.4, 0.5) is 5.69 Å². The van der Waals surface area contributed by atoms with E-state index in [1.165, 1.54) is 10.4 Å². The minimum atomic E-state index is -3.90. The first-order chi connectivity index (χ1) is 9.58. The molecule has 0 bridgehead atoms. The minimum Gasteiger partial charge on any atom is -0.398 e. The van der Waals surface area contributed by atoms with Gasteiger partial charge in [0, 0.05) is 22.0 Å². The molecule has 1 aromatic rings. The van der Waals surface area contributed by atoms with Crippen molar-refractivity contribution in [1.29, 1.82) is 0 Å². The standard InChI is InChI=1S/C12H15Br2N3O3S/c1-12(2)11(18)16-3-4-17(12)21(19,20)10-8(14)5-7(13)6-9(10)15/h5-6H,3-4,15H2,1-2H3,(H,16,18). The predicted molar refractivity (Wildman–Crippen MR) is 87.2 cm³/mol. The summed E-state index contributed by atoms with van der Waals surface area (Å²) in [6, 6.07) is 3.13. The lowest BCUT2D eigenvalue weighted by atomic mass is 10.0. The highest BCUT2D eigenvalue weighted by Crippen LogP contribution is 2.36. The summed E-state index contributed by atoms with van der Waals surface area (Å²) in [7, 11) is -3.90. The zero-order valence-corrected chi connectivity index (χ0v) is 15.5. The molecule has 3 N–H and O–H groups in total. The SMILES string of the molecule is CC1(C)C(=O)NCCN1S(=O)(=O)c1c(N)cc(Br)cc1Br. The van der Waals surface area contributed by atoms with Crippen LogP contribution in [0.3, 0.4) is 0 Å². The third-order valence-electron chi connectivity index (χ3n) is 3.36. The Labute approximate surface area is 140 Å². The van der Waals surface area contributed by atoms with Gasteiger partial charge in [-0.1, -0.05) is 15.9 Å². The Morgan fingerprint density at radius 2 is 1.95 bits per heavy atom. The number of hydrogen-bond donors (Lipinski definition) is 2. The molecule has 0 saturated carbocycles. The number of rotatable bonds is 2. The van der Waals surface area contributed by atoms with Gasteiger partial charge >= 0.3 is 0 Å². The van der Waals surface area contributed by atoms with E-state index in [-0.39, 0.29) is 29.6 Å². The fourth-order valence-corrected chi connectivity index (χ4v) is 6.03. The summed E-state index contributed by atoms with van der Waals surface area (Å²) in [4.78, 5) is 11.9. The summed E-state index contributed by atoms with van der Waals surface area (Å²) in [6.07, 6.45) is 0. The molecule has 1 aliphatic rings. The van der Waals surface area contributed by atoms with Crippen LogP contribution in [-0.2, 0) is 14.8 Å². The van der Waals surface area contributed by atoms with E-state index < -0.39 is 15.6 Å². The second-order valence-electron chi connectivity index (χ2n) is 5.20. The Bertz CT molecular complexity index is 681. The zero-order valence-electron chi connectivity index (χ0n) is 11.5. The maximum atomic E-state index is 12.9. The Morgan fingerprint density at radius 3 is 2.52 bits per heavy atom. The van der Waals surface area contributed by atoms with Gasteiger partial charge in [-0.25, -0.2) is 8.42 Å². The number of piperazine rings is 1. The van der Waals surface area contributed by atoms with Gasteiger partial charge in [0.1, 0.15) is 10.4 Å². The van der Waals surface area contributed by atoms with Crippen molar-refractivity contribution in [3.63, 3.8) is 0 Å². The van der Waals surface area contributed by atoms with Crippen LogP contribution in [-0.4, -0.2) is 37.3 Å². The minimum absolute atomic E-state index is 0.0199. The fraction of sp³-hybridized carbons (Fsp3) is 0.417. The highest BCUT2D eigenvalue weighted by atomic mass is 79.9. The molecule has 0 aliphatic carbocycles. The van der Waals surface area contributed by atoms with Gasteiger partial charge in [-0.3, -0.25) is 4.79 Å². The van der Waals surface area contributed by atoms with Crippen molar-refractivity contribution in [2.75, 3.05) is 18.8 Å². The summed E-state index contributed by atoms with van der Waals surface area (Å²) in [6.45, 7) is 3.61. The fourth-order valence-electron chi connectivity index (χ4n) is 2.26. The maximum absolute atomic E-state index is 12.9. The molecule has 0 atom stereocenters. The lowest BCUT2D eigenvalue weighted by molar-refractivity contribution is -0.131. The Kier molecular flexibility index (Phi) is 4.40. The average molecular weight is 441 g/mol. The van der Waals surface area contributed by atoms with Crippen molar-refractivity contribution < 1.29 is 13.2 Å². The zero-order chi connectivity index (χ0) is 16.0. The van der Waals surface area contributed by atoms with E-state index in [0.29, 0.717) is 8.95 Å². The van der Waals surface area contributed by atoms with E-state index in [2.05, 4.69) is 37.2 Å². The van der Waals surface area contributed by atoms with Crippen LogP contribution in [0.2, 0.25) is 0 Å². The van der Waals surface area contributed by atoms with Crippen LogP contribution in [0.25, 0.3) is 0 Å². The van der Waals surface area contributed by atoms with Crippen LogP contribution in [0, 0.1) is 0 Å². The van der Waals surface area contributed by atoms with Crippen molar-refractivity contribution in [3.05, 3.63) is 21.1 Å². The van der Waals surface area contributed by atoms with Gasteiger partial charge in [-0.05, 0) is 41.9 Å². The van der Waals surface area contributed by atoms with E-state index in [1.54, 1.807) is 19.9 Å². The van der Waals surface area contributed by atoms with Gasteiger partial charge in [0.2, 0.25) is 15.9 Å². The van der Waals surface area contributed by atoms with Crippen LogP contribution in [0.5, 0.6) is 0 Å². The number of nitrogens with two attached hydrogens (primary N) is 1. The number of carbonyl (C=O) groups is 1. The van der Waals surface area contributed by atoms with E-state index in [0.717, 1.165) is 0 Å². The quantitative estimate of drug-likeness (QED) is 0.684. The molecule has 1 saturated heterocycles. The summed E-state index contributed by atoms with van der Waals surface area (Å²) in [5, 5.41) is 2.67. The Hall–Kier alpha value is -0.640. The number of nitrogen functional groups attached to an aromatic ring is 1. The number of hydrogen-bond acceptors (Lipinski definition) is 4. The molecule has 1 aromatic carbocycles. The van der Waals surface area contributed by atoms with Gasteiger partial charge in [-0.2, -0.15) is 4.31 Å². The number of amides is 1. The number of carbonyl (C=O) groups excluding carboxylic acids is 1. The number of halogens is 2. The smallest absolute Gasteiger partial charge is 0.247 e. The molecule has 0 radical (unpaired) electrons. The molecule has 116 valence electrons. The first-order valence-electron chi connectivity index (χ1n) is 6.14. The van der Waals surface area contributed by atoms with Crippen molar-refractivity contribution in [2.45, 2.75) is 24.3 Å². The largest absolute Gasteiger partial charge is 0.398 e. The van der Waals surface area contributed by atoms with Crippen molar-refractivity contribution in [3.8, 4) is 0 Å². The molecular weight excluding hydrogens is 426 g/mol. The summed E-state index contributed by atoms with van der Waals surface area (Å²) in [5.74, 6) is -0.330. The van der Waals surface area contributed by atoms with Crippen molar-refractivity contribution >= 4 is 53.5 Å². The number of nitrogens with one attached hydrogen (secondary N) is 1. The van der Waals surface area contributed by atoms with Gasteiger partial charge < -0.3 is 11.1 Å². The summed E-state index contributed by atoms with van der Waals surface area (Å²) >= 11 is 6.50. The first-order valence-corrected chi connectivity index (χ1v) is 9.16. The Morgan fingerprint density at radius 1 is 1.33 bits per heavy atom. The summed E-state index contributed by atoms with van der Waals surface area (Å²) in [5.41, 5.74) is 4.82. The van der Waals surface area contributed by atoms with Crippen LogP contribution in [0.15, 0.2) is 26.0 Å². The lowest BCUT2D eigenvalue weighted by Gasteiger charge is -2.40. The van der Waals surface area contributed by atoms with Gasteiger partial charge in [0.15, 0.2) is 0 Å². The highest BCUT2D eigenvalue weighted by Gasteiger charge is 2.45. The Balaban J connectivity index is 2.60. The van der Waals surface area contributed by atoms with E-state index in [9.17, 15) is 13.2 Å². The molecular formula is C12H15Br2N3O3S. The monoisotopic (exact) mass is 439 g/mol. The highest BCUT2D eigenvalue weighted by molar-refractivity contribution is 9.11. The van der Waals surface area contributed by atoms with E-state index in [4.69, 9.17) is 5.73 Å². The van der Waals surface area contributed by atoms with E-state index >= 15 is 0 Å². The predicted octanol–water partition coefficient (Wildman–Crippen LogP) is 1.69. The summed E-state index contributed by atoms with van der Waals surface area (Å²) < 4.78 is 28.1. The molecule has 0 unspecified atom stereocenters. The first kappa shape index (κ1) is 16.7. The number of anilines is 1. The second-order valence-corrected chi connectivity index (χ2v) is 8.77. The molecule has 6 nitrogen and oxygen atoms in total. The number of sulfonamides is 1. The van der Waals surface area contributed by atoms with Gasteiger partial charge in [0.25, 0.3) is 0 Å². The normalized spacial score (nSPS) is 19.3. The lowest BCUT2D eigenvalue weighted by Crippen LogP contribution is -2.63. The average Bonchev–Trinajstić information content (AvgIpc) is 2.30. The van der Waals surface area contributed by atoms with E-state index in [1.807, 2.05) is 0 Å². The second kappa shape index (κ2) is 5.53. The van der Waals surface area contributed by atoms with Crippen molar-refractivity contribution in [1.82, 2.24) is 9.62 Å². The topological polar surface area (TPSA) is 92.5 Å². The number of benzene rings is 1. The molecule has 1 heterocycles. The molecule has 1 aliphatic heterocycles. The van der Waals surface area contributed by atoms with Gasteiger partial charge in [0.05, 0.1) is 5.69 Å². The number of nitrogens with zero attached hydrogens (tertiary/aromatic N) is 1. The molecule has 21 heavy (non-hydrogen) atoms. The molecule has 0 spiro atoms. The van der Waals surface area contributed by atoms with Crippen LogP contribution in [0.1, 0.15) is 13.8 Å². The molecule has 1 fully saturated rings. The maximum Gasteiger partial charge on any atom is 0.247 e. The van der Waals surface area contributed by atoms with Gasteiger partial charge in [-0.15, -0.1) is 0 Å². The van der Waals surface area contributed by atoms with Crippen LogP contribution < -0.4 is 11.1 Å². The molecule has 0 aromatic heterocycles. The molecule has 9 heteroatoms. The third-order valence-corrected chi connectivity index (χ3v) is 6.90. The van der Waals surface area contributed by atoms with Crippen molar-refractivity contribution in [2.24, 2.45) is 0 Å². The third kappa shape index (κ3) is 2.84. The van der Waals surface area contributed by atoms with Crippen LogP contribution >= 0.6 is 31.9 Å². The molecule has 2 rings (SSSR count). The molecule has 1 amide bonds.